The minimum atomic E-state index is -1.38. The van der Waals surface area contributed by atoms with Gasteiger partial charge in [0.1, 0.15) is 5.82 Å². The number of aryl methyl sites for hydroxylation is 1. The maximum atomic E-state index is 14.3. The maximum absolute atomic E-state index is 14.3. The fourth-order valence-corrected chi connectivity index (χ4v) is 3.70. The molecule has 2 N–H and O–H groups in total. The number of rotatable bonds is 5. The first kappa shape index (κ1) is 20.1. The Balaban J connectivity index is 1.43. The summed E-state index contributed by atoms with van der Waals surface area (Å²) >= 11 is 0. The molecule has 0 atom stereocenters. The predicted molar refractivity (Wildman–Crippen MR) is 123 cm³/mol. The minimum Gasteiger partial charge on any atom is -0.373 e. The lowest BCUT2D eigenvalue weighted by Crippen LogP contribution is -2.13. The van der Waals surface area contributed by atoms with Crippen LogP contribution in [-0.2, 0) is 5.67 Å². The molecule has 0 saturated heterocycles. The summed E-state index contributed by atoms with van der Waals surface area (Å²) < 4.78 is 14.3. The van der Waals surface area contributed by atoms with Crippen LogP contribution < -0.4 is 10.6 Å². The predicted octanol–water partition coefficient (Wildman–Crippen LogP) is 5.25. The number of carbonyl (C=O) groups is 1. The van der Waals surface area contributed by atoms with Gasteiger partial charge in [-0.15, -0.1) is 0 Å². The Hall–Kier alpha value is -3.87. The van der Waals surface area contributed by atoms with Crippen LogP contribution in [0, 0.1) is 6.92 Å². The van der Waals surface area contributed by atoms with E-state index < -0.39 is 5.67 Å². The van der Waals surface area contributed by atoms with Crippen molar-refractivity contribution in [1.29, 1.82) is 0 Å². The van der Waals surface area contributed by atoms with E-state index in [9.17, 15) is 9.18 Å². The van der Waals surface area contributed by atoms with Crippen molar-refractivity contribution >= 4 is 28.3 Å². The maximum Gasteiger partial charge on any atom is 0.255 e. The van der Waals surface area contributed by atoms with Crippen LogP contribution in [0.2, 0.25) is 0 Å². The van der Waals surface area contributed by atoms with Crippen molar-refractivity contribution < 1.29 is 9.18 Å². The quantitative estimate of drug-likeness (QED) is 0.455. The van der Waals surface area contributed by atoms with Gasteiger partial charge in [0.05, 0.1) is 11.2 Å². The van der Waals surface area contributed by atoms with Gasteiger partial charge in [0.25, 0.3) is 5.91 Å². The van der Waals surface area contributed by atoms with Gasteiger partial charge in [-0.25, -0.2) is 9.37 Å². The molecule has 1 aromatic carbocycles. The van der Waals surface area contributed by atoms with Gasteiger partial charge in [0.15, 0.2) is 5.67 Å². The molecule has 0 aliphatic heterocycles. The lowest BCUT2D eigenvalue weighted by molar-refractivity contribution is 0.102. The van der Waals surface area contributed by atoms with Gasteiger partial charge in [0.2, 0.25) is 0 Å². The number of nitrogens with one attached hydrogen (secondary N) is 2. The Bertz CT molecular complexity index is 1350. The summed E-state index contributed by atoms with van der Waals surface area (Å²) in [5.74, 6) is 0.464. The summed E-state index contributed by atoms with van der Waals surface area (Å²) in [7, 11) is 1.82. The number of fused-ring (bicyclic) bond motifs is 1. The monoisotopic (exact) mass is 427 g/mol. The molecular formula is C25H22FN5O. The molecule has 1 amide bonds. The van der Waals surface area contributed by atoms with Gasteiger partial charge in [-0.3, -0.25) is 14.8 Å². The molecule has 0 radical (unpaired) electrons. The molecule has 0 spiro atoms. The number of benzene rings is 1. The number of alkyl halides is 1. The van der Waals surface area contributed by atoms with E-state index in [1.54, 1.807) is 12.3 Å². The molecule has 160 valence electrons. The first-order valence-corrected chi connectivity index (χ1v) is 10.5. The Morgan fingerprint density at radius 3 is 2.66 bits per heavy atom. The Morgan fingerprint density at radius 1 is 1.03 bits per heavy atom. The highest BCUT2D eigenvalue weighted by Crippen LogP contribution is 2.48. The largest absolute Gasteiger partial charge is 0.373 e. The van der Waals surface area contributed by atoms with E-state index in [1.807, 2.05) is 50.5 Å². The van der Waals surface area contributed by atoms with E-state index in [-0.39, 0.29) is 5.91 Å². The third kappa shape index (κ3) is 3.77. The number of carbonyl (C=O) groups excluding carboxylic acids is 1. The van der Waals surface area contributed by atoms with Crippen molar-refractivity contribution in [1.82, 2.24) is 15.0 Å². The van der Waals surface area contributed by atoms with Crippen molar-refractivity contribution in [3.63, 3.8) is 0 Å². The normalized spacial score (nSPS) is 14.2. The standard InChI is InChI=1S/C25H22FN5O/c1-15-3-4-19(31-24(32)16-5-8-28-22(10-16)25(26)6-7-25)11-20(15)17-9-18-14-30-23(27-2)12-21(18)29-13-17/h3-5,8-14H,6-7H2,1-2H3,(H,27,30)(H,31,32). The number of hydrogen-bond acceptors (Lipinski definition) is 5. The molecule has 1 aliphatic rings. The van der Waals surface area contributed by atoms with E-state index in [0.29, 0.717) is 29.8 Å². The first-order valence-electron chi connectivity index (χ1n) is 10.5. The summed E-state index contributed by atoms with van der Waals surface area (Å²) in [5.41, 5.74) is 3.80. The van der Waals surface area contributed by atoms with Gasteiger partial charge >= 0.3 is 0 Å². The summed E-state index contributed by atoms with van der Waals surface area (Å²) in [6, 6.07) is 12.8. The molecule has 0 bridgehead atoms. The molecule has 3 heterocycles. The smallest absolute Gasteiger partial charge is 0.255 e. The molecule has 7 heteroatoms. The van der Waals surface area contributed by atoms with Crippen molar-refractivity contribution in [3.8, 4) is 11.1 Å². The van der Waals surface area contributed by atoms with Crippen molar-refractivity contribution in [2.45, 2.75) is 25.4 Å². The highest BCUT2D eigenvalue weighted by molar-refractivity contribution is 6.04. The van der Waals surface area contributed by atoms with Crippen LogP contribution in [0.4, 0.5) is 15.9 Å². The van der Waals surface area contributed by atoms with Crippen LogP contribution >= 0.6 is 0 Å². The van der Waals surface area contributed by atoms with Gasteiger partial charge in [-0.05, 0) is 61.2 Å². The molecular weight excluding hydrogens is 405 g/mol. The summed E-state index contributed by atoms with van der Waals surface area (Å²) in [4.78, 5) is 25.8. The second-order valence-corrected chi connectivity index (χ2v) is 8.12. The van der Waals surface area contributed by atoms with E-state index >= 15 is 0 Å². The minimum absolute atomic E-state index is 0.298. The lowest BCUT2D eigenvalue weighted by atomic mass is 10.00. The SMILES string of the molecule is CNc1cc2ncc(-c3cc(NC(=O)c4ccnc(C5(F)CC5)c4)ccc3C)cc2cn1. The zero-order chi connectivity index (χ0) is 22.3. The van der Waals surface area contributed by atoms with Crippen LogP contribution in [0.15, 0.2) is 61.1 Å². The van der Waals surface area contributed by atoms with E-state index in [4.69, 9.17) is 0 Å². The molecule has 1 fully saturated rings. The van der Waals surface area contributed by atoms with Gasteiger partial charge in [0, 0.05) is 53.9 Å². The van der Waals surface area contributed by atoms with Crippen molar-refractivity contribution in [2.24, 2.45) is 0 Å². The first-order chi connectivity index (χ1) is 15.4. The highest BCUT2D eigenvalue weighted by Gasteiger charge is 2.46. The third-order valence-corrected chi connectivity index (χ3v) is 5.80. The summed E-state index contributed by atoms with van der Waals surface area (Å²) in [6.07, 6.45) is 6.01. The van der Waals surface area contributed by atoms with Crippen LogP contribution in [0.25, 0.3) is 22.0 Å². The van der Waals surface area contributed by atoms with Crippen LogP contribution in [0.3, 0.4) is 0 Å². The zero-order valence-corrected chi connectivity index (χ0v) is 17.8. The Morgan fingerprint density at radius 2 is 1.88 bits per heavy atom. The Labute approximate surface area is 184 Å². The average molecular weight is 427 g/mol. The highest BCUT2D eigenvalue weighted by atomic mass is 19.1. The fourth-order valence-electron chi connectivity index (χ4n) is 3.70. The second kappa shape index (κ2) is 7.67. The number of amides is 1. The number of anilines is 2. The molecule has 1 aliphatic carbocycles. The number of halogens is 1. The number of pyridine rings is 3. The van der Waals surface area contributed by atoms with E-state index in [2.05, 4.69) is 25.6 Å². The third-order valence-electron chi connectivity index (χ3n) is 5.80. The van der Waals surface area contributed by atoms with Gasteiger partial charge < -0.3 is 10.6 Å². The number of nitrogens with zero attached hydrogens (tertiary/aromatic N) is 3. The molecule has 4 aromatic rings. The zero-order valence-electron chi connectivity index (χ0n) is 17.8. The van der Waals surface area contributed by atoms with Crippen LogP contribution in [0.5, 0.6) is 0 Å². The molecule has 0 unspecified atom stereocenters. The van der Waals surface area contributed by atoms with Crippen molar-refractivity contribution in [3.05, 3.63) is 77.9 Å². The molecule has 32 heavy (non-hydrogen) atoms. The number of aromatic nitrogens is 3. The topological polar surface area (TPSA) is 79.8 Å². The van der Waals surface area contributed by atoms with E-state index in [0.717, 1.165) is 33.4 Å². The Kier molecular flexibility index (Phi) is 4.81. The van der Waals surface area contributed by atoms with E-state index in [1.165, 1.54) is 12.3 Å². The molecule has 1 saturated carbocycles. The second-order valence-electron chi connectivity index (χ2n) is 8.12. The number of hydrogen-bond donors (Lipinski definition) is 2. The summed E-state index contributed by atoms with van der Waals surface area (Å²) in [5, 5.41) is 6.86. The average Bonchev–Trinajstić information content (AvgIpc) is 3.58. The van der Waals surface area contributed by atoms with Crippen LogP contribution in [-0.4, -0.2) is 27.9 Å². The molecule has 6 nitrogen and oxygen atoms in total. The van der Waals surface area contributed by atoms with Crippen molar-refractivity contribution in [2.75, 3.05) is 17.7 Å². The molecule has 3 aromatic heterocycles. The van der Waals surface area contributed by atoms with Gasteiger partial charge in [-0.2, -0.15) is 0 Å². The fraction of sp³-hybridized carbons (Fsp3) is 0.200. The molecule has 5 rings (SSSR count). The van der Waals surface area contributed by atoms with Crippen LogP contribution in [0.1, 0.15) is 34.5 Å². The lowest BCUT2D eigenvalue weighted by Gasteiger charge is -2.12. The summed E-state index contributed by atoms with van der Waals surface area (Å²) in [6.45, 7) is 2.01. The van der Waals surface area contributed by atoms with Gasteiger partial charge in [-0.1, -0.05) is 6.07 Å².